The van der Waals surface area contributed by atoms with E-state index in [-0.39, 0.29) is 27.6 Å². The van der Waals surface area contributed by atoms with Crippen LogP contribution in [0.3, 0.4) is 0 Å². The Kier molecular flexibility index (Phi) is 8.52. The van der Waals surface area contributed by atoms with E-state index in [0.29, 0.717) is 0 Å². The van der Waals surface area contributed by atoms with Crippen molar-refractivity contribution in [2.24, 2.45) is 5.73 Å². The highest BCUT2D eigenvalue weighted by atomic mass is 35.5. The van der Waals surface area contributed by atoms with Gasteiger partial charge in [0.1, 0.15) is 11.8 Å². The summed E-state index contributed by atoms with van der Waals surface area (Å²) in [5.41, 5.74) is 5.00. The van der Waals surface area contributed by atoms with Gasteiger partial charge in [-0.1, -0.05) is 23.2 Å². The summed E-state index contributed by atoms with van der Waals surface area (Å²) in [6.45, 7) is 3.18. The van der Waals surface area contributed by atoms with E-state index in [1.54, 1.807) is 6.92 Å². The van der Waals surface area contributed by atoms with Gasteiger partial charge in [-0.15, -0.1) is 0 Å². The highest BCUT2D eigenvalue weighted by Crippen LogP contribution is 2.33. The van der Waals surface area contributed by atoms with Crippen molar-refractivity contribution in [2.75, 3.05) is 7.11 Å². The number of methoxy groups -OCH3 is 1. The first-order valence-corrected chi connectivity index (χ1v) is 6.30. The van der Waals surface area contributed by atoms with E-state index in [1.165, 1.54) is 26.2 Å². The lowest BCUT2D eigenvalue weighted by molar-refractivity contribution is -0.115. The first-order chi connectivity index (χ1) is 9.20. The minimum Gasteiger partial charge on any atom is -0.494 e. The molecule has 20 heavy (non-hydrogen) atoms. The number of benzene rings is 1. The first-order valence-electron chi connectivity index (χ1n) is 5.55. The Morgan fingerprint density at radius 2 is 1.80 bits per heavy atom. The third-order valence-corrected chi connectivity index (χ3v) is 2.50. The number of carboxylic acid groups (broad SMARTS) is 1. The van der Waals surface area contributed by atoms with Gasteiger partial charge >= 0.3 is 5.97 Å². The van der Waals surface area contributed by atoms with Crippen molar-refractivity contribution in [1.29, 1.82) is 0 Å². The van der Waals surface area contributed by atoms with Crippen molar-refractivity contribution in [2.45, 2.75) is 26.4 Å². The standard InChI is InChI=1S/C8H6Cl2O3.C4H11NO2/c1-13-7-5(10)3-2-4(9)6(7)8(11)12;1-3(5)7-4(2)6/h2-3H,1H3,(H,11,12);3-4,6H,5H2,1-2H3. The van der Waals surface area contributed by atoms with Crippen LogP contribution in [0.2, 0.25) is 10.0 Å². The number of aliphatic hydroxyl groups is 1. The molecule has 0 aliphatic heterocycles. The minimum absolute atomic E-state index is 0.0849. The van der Waals surface area contributed by atoms with Gasteiger partial charge in [-0.05, 0) is 26.0 Å². The second-order valence-corrected chi connectivity index (χ2v) is 4.50. The number of hydrogen-bond acceptors (Lipinski definition) is 5. The van der Waals surface area contributed by atoms with Crippen LogP contribution < -0.4 is 10.5 Å². The Bertz CT molecular complexity index is 446. The number of nitrogens with two attached hydrogens (primary N) is 1. The summed E-state index contributed by atoms with van der Waals surface area (Å²) < 4.78 is 9.40. The number of aliphatic hydroxyl groups excluding tert-OH is 1. The molecule has 1 aromatic carbocycles. The van der Waals surface area contributed by atoms with Gasteiger partial charge in [0.05, 0.1) is 17.2 Å². The normalized spacial score (nSPS) is 12.9. The Morgan fingerprint density at radius 1 is 1.30 bits per heavy atom. The molecule has 0 saturated carbocycles. The van der Waals surface area contributed by atoms with Crippen molar-refractivity contribution >= 4 is 29.2 Å². The molecule has 0 aliphatic rings. The van der Waals surface area contributed by atoms with E-state index in [9.17, 15) is 4.79 Å². The Morgan fingerprint density at radius 3 is 2.05 bits per heavy atom. The molecule has 0 heterocycles. The second kappa shape index (κ2) is 8.99. The molecule has 0 fully saturated rings. The maximum Gasteiger partial charge on any atom is 0.341 e. The number of hydrogen-bond donors (Lipinski definition) is 3. The average Bonchev–Trinajstić information content (AvgIpc) is 2.30. The fourth-order valence-corrected chi connectivity index (χ4v) is 1.71. The average molecular weight is 326 g/mol. The maximum atomic E-state index is 10.7. The van der Waals surface area contributed by atoms with Crippen LogP contribution in [0.1, 0.15) is 24.2 Å². The molecule has 0 bridgehead atoms. The van der Waals surface area contributed by atoms with Crippen LogP contribution in [0.25, 0.3) is 0 Å². The van der Waals surface area contributed by atoms with E-state index in [1.807, 2.05) is 0 Å². The van der Waals surface area contributed by atoms with Crippen LogP contribution in [-0.2, 0) is 4.74 Å². The highest BCUT2D eigenvalue weighted by Gasteiger charge is 2.17. The molecular weight excluding hydrogens is 309 g/mol. The van der Waals surface area contributed by atoms with E-state index in [4.69, 9.17) is 43.9 Å². The third kappa shape index (κ3) is 6.40. The monoisotopic (exact) mass is 325 g/mol. The van der Waals surface area contributed by atoms with Crippen LogP contribution >= 0.6 is 23.2 Å². The lowest BCUT2D eigenvalue weighted by Crippen LogP contribution is -2.24. The van der Waals surface area contributed by atoms with Crippen LogP contribution in [0.5, 0.6) is 5.75 Å². The predicted octanol–water partition coefficient (Wildman–Crippen LogP) is 2.35. The zero-order valence-electron chi connectivity index (χ0n) is 11.3. The topological polar surface area (TPSA) is 102 Å². The molecular formula is C12H17Cl2NO5. The van der Waals surface area contributed by atoms with Gasteiger partial charge in [0.25, 0.3) is 0 Å². The van der Waals surface area contributed by atoms with Crippen molar-refractivity contribution in [3.63, 3.8) is 0 Å². The van der Waals surface area contributed by atoms with Gasteiger partial charge in [-0.2, -0.15) is 0 Å². The maximum absolute atomic E-state index is 10.7. The summed E-state index contributed by atoms with van der Waals surface area (Å²) in [5, 5.41) is 17.5. The molecule has 6 nitrogen and oxygen atoms in total. The smallest absolute Gasteiger partial charge is 0.341 e. The highest BCUT2D eigenvalue weighted by molar-refractivity contribution is 6.36. The molecule has 0 saturated heterocycles. The molecule has 2 unspecified atom stereocenters. The lowest BCUT2D eigenvalue weighted by Gasteiger charge is -2.08. The van der Waals surface area contributed by atoms with E-state index >= 15 is 0 Å². The van der Waals surface area contributed by atoms with Gasteiger partial charge in [0.2, 0.25) is 0 Å². The van der Waals surface area contributed by atoms with Gasteiger partial charge < -0.3 is 25.4 Å². The van der Waals surface area contributed by atoms with Crippen molar-refractivity contribution in [3.8, 4) is 5.75 Å². The predicted molar refractivity (Wildman–Crippen MR) is 76.4 cm³/mol. The Balaban J connectivity index is 0.000000441. The van der Waals surface area contributed by atoms with E-state index in [2.05, 4.69) is 4.74 Å². The minimum atomic E-state index is -1.16. The zero-order chi connectivity index (χ0) is 15.9. The number of rotatable bonds is 4. The zero-order valence-corrected chi connectivity index (χ0v) is 12.8. The Hall–Kier alpha value is -1.05. The molecule has 0 aliphatic carbocycles. The first kappa shape index (κ1) is 18.9. The number of carbonyl (C=O) groups is 1. The summed E-state index contributed by atoms with van der Waals surface area (Å²) in [6, 6.07) is 2.89. The molecule has 1 rings (SSSR count). The van der Waals surface area contributed by atoms with Gasteiger partial charge in [0, 0.05) is 0 Å². The van der Waals surface area contributed by atoms with Crippen LogP contribution in [-0.4, -0.2) is 35.8 Å². The molecule has 1 aromatic rings. The molecule has 0 spiro atoms. The number of ether oxygens (including phenoxy) is 2. The molecule has 2 atom stereocenters. The lowest BCUT2D eigenvalue weighted by atomic mass is 10.2. The summed E-state index contributed by atoms with van der Waals surface area (Å²) in [4.78, 5) is 10.7. The number of carboxylic acids is 1. The summed E-state index contributed by atoms with van der Waals surface area (Å²) in [6.07, 6.45) is -1.13. The van der Waals surface area contributed by atoms with E-state index in [0.717, 1.165) is 0 Å². The van der Waals surface area contributed by atoms with Crippen molar-refractivity contribution < 1.29 is 24.5 Å². The number of aromatic carboxylic acids is 1. The van der Waals surface area contributed by atoms with Crippen LogP contribution in [0, 0.1) is 0 Å². The molecule has 4 N–H and O–H groups in total. The van der Waals surface area contributed by atoms with E-state index < -0.39 is 12.3 Å². The molecule has 8 heteroatoms. The van der Waals surface area contributed by atoms with Crippen LogP contribution in [0.4, 0.5) is 0 Å². The fraction of sp³-hybridized carbons (Fsp3) is 0.417. The molecule has 0 amide bonds. The second-order valence-electron chi connectivity index (χ2n) is 3.68. The largest absolute Gasteiger partial charge is 0.494 e. The van der Waals surface area contributed by atoms with Gasteiger partial charge in [-0.25, -0.2) is 4.79 Å². The molecule has 0 aromatic heterocycles. The molecule has 114 valence electrons. The van der Waals surface area contributed by atoms with Crippen molar-refractivity contribution in [1.82, 2.24) is 0 Å². The summed E-state index contributed by atoms with van der Waals surface area (Å²) in [7, 11) is 1.34. The summed E-state index contributed by atoms with van der Waals surface area (Å²) in [5.74, 6) is -1.08. The van der Waals surface area contributed by atoms with Gasteiger partial charge in [-0.3, -0.25) is 0 Å². The number of halogens is 2. The summed E-state index contributed by atoms with van der Waals surface area (Å²) >= 11 is 11.4. The van der Waals surface area contributed by atoms with Crippen molar-refractivity contribution in [3.05, 3.63) is 27.7 Å². The fourth-order valence-electron chi connectivity index (χ4n) is 1.24. The third-order valence-electron chi connectivity index (χ3n) is 1.89. The van der Waals surface area contributed by atoms with Crippen LogP contribution in [0.15, 0.2) is 12.1 Å². The quantitative estimate of drug-likeness (QED) is 0.734. The van der Waals surface area contributed by atoms with Gasteiger partial charge in [0.15, 0.2) is 12.0 Å². The molecule has 0 radical (unpaired) electrons. The SMILES string of the molecule is CC(N)OC(C)O.COc1c(Cl)ccc(Cl)c1C(=O)O. The Labute approximate surface area is 127 Å².